The van der Waals surface area contributed by atoms with Gasteiger partial charge in [0.05, 0.1) is 16.6 Å². The molecule has 1 aliphatic heterocycles. The molecule has 0 aliphatic carbocycles. The number of carbonyl (C=O) groups excluding carboxylic acids is 1. The van der Waals surface area contributed by atoms with Crippen molar-refractivity contribution in [3.8, 4) is 0 Å². The van der Waals surface area contributed by atoms with Crippen LogP contribution in [-0.4, -0.2) is 23.5 Å². The van der Waals surface area contributed by atoms with Gasteiger partial charge in [-0.2, -0.15) is 0 Å². The second-order valence-electron chi connectivity index (χ2n) is 5.20. The van der Waals surface area contributed by atoms with Gasteiger partial charge >= 0.3 is 0 Å². The second kappa shape index (κ2) is 4.46. The lowest BCUT2D eigenvalue weighted by Crippen LogP contribution is -2.34. The first kappa shape index (κ1) is 12.6. The summed E-state index contributed by atoms with van der Waals surface area (Å²) in [5.74, 6) is 0.154. The highest BCUT2D eigenvalue weighted by molar-refractivity contribution is 9.10. The van der Waals surface area contributed by atoms with Gasteiger partial charge in [0.25, 0.3) is 5.91 Å². The minimum absolute atomic E-state index is 0.0531. The lowest BCUT2D eigenvalue weighted by Gasteiger charge is -2.09. The van der Waals surface area contributed by atoms with Gasteiger partial charge < -0.3 is 15.1 Å². The van der Waals surface area contributed by atoms with Crippen LogP contribution < -0.4 is 10.6 Å². The van der Waals surface area contributed by atoms with E-state index in [4.69, 9.17) is 4.42 Å². The van der Waals surface area contributed by atoms with E-state index in [1.807, 2.05) is 31.2 Å². The first-order valence-electron chi connectivity index (χ1n) is 6.70. The number of furan rings is 1. The number of benzene rings is 1. The smallest absolute Gasteiger partial charge is 0.289 e. The molecule has 0 radical (unpaired) electrons. The van der Waals surface area contributed by atoms with Gasteiger partial charge in [-0.1, -0.05) is 0 Å². The van der Waals surface area contributed by atoms with Crippen molar-refractivity contribution < 1.29 is 9.21 Å². The van der Waals surface area contributed by atoms with Crippen molar-refractivity contribution in [2.45, 2.75) is 13.0 Å². The molecule has 1 aliphatic rings. The Labute approximate surface area is 128 Å². The van der Waals surface area contributed by atoms with Crippen molar-refractivity contribution in [3.63, 3.8) is 0 Å². The summed E-state index contributed by atoms with van der Waals surface area (Å²) in [6.45, 7) is 2.61. The van der Waals surface area contributed by atoms with E-state index in [0.29, 0.717) is 17.9 Å². The van der Waals surface area contributed by atoms with Crippen LogP contribution in [-0.2, 0) is 0 Å². The average molecular weight is 346 g/mol. The van der Waals surface area contributed by atoms with Crippen LogP contribution in [0.4, 0.5) is 5.69 Å². The van der Waals surface area contributed by atoms with Gasteiger partial charge in [0.15, 0.2) is 0 Å². The molecule has 0 fully saturated rings. The summed E-state index contributed by atoms with van der Waals surface area (Å²) in [6.07, 6.45) is 0. The first-order valence-corrected chi connectivity index (χ1v) is 7.49. The third-order valence-electron chi connectivity index (χ3n) is 3.66. The first-order chi connectivity index (χ1) is 10.1. The monoisotopic (exact) mass is 345 g/mol. The molecule has 0 saturated heterocycles. The molecular weight excluding hydrogens is 334 g/mol. The van der Waals surface area contributed by atoms with Crippen LogP contribution in [0, 0.1) is 0 Å². The highest BCUT2D eigenvalue weighted by Gasteiger charge is 2.26. The predicted octanol–water partition coefficient (Wildman–Crippen LogP) is 3.29. The van der Waals surface area contributed by atoms with Crippen LogP contribution in [0.2, 0.25) is 0 Å². The Balaban J connectivity index is 2.08. The fourth-order valence-electron chi connectivity index (χ4n) is 2.70. The van der Waals surface area contributed by atoms with E-state index < -0.39 is 0 Å². The van der Waals surface area contributed by atoms with E-state index in [0.717, 1.165) is 26.6 Å². The molecule has 1 amide bonds. The highest BCUT2D eigenvalue weighted by Crippen LogP contribution is 2.37. The molecule has 1 atom stereocenters. The number of amides is 1. The summed E-state index contributed by atoms with van der Waals surface area (Å²) in [5.41, 5.74) is 2.30. The van der Waals surface area contributed by atoms with Crippen molar-refractivity contribution in [2.75, 3.05) is 11.9 Å². The second-order valence-corrected chi connectivity index (χ2v) is 6.01. The van der Waals surface area contributed by atoms with Gasteiger partial charge in [-0.3, -0.25) is 4.79 Å². The topological polar surface area (TPSA) is 67.2 Å². The van der Waals surface area contributed by atoms with E-state index >= 15 is 0 Å². The maximum Gasteiger partial charge on any atom is 0.289 e. The number of halogens is 1. The fourth-order valence-corrected chi connectivity index (χ4v) is 3.02. The summed E-state index contributed by atoms with van der Waals surface area (Å²) >= 11 is 3.38. The highest BCUT2D eigenvalue weighted by atomic mass is 79.9. The summed E-state index contributed by atoms with van der Waals surface area (Å²) in [7, 11) is 0. The molecule has 1 aromatic carbocycles. The van der Waals surface area contributed by atoms with Crippen molar-refractivity contribution >= 4 is 49.4 Å². The SMILES string of the molecule is C[C@@H]1CNc2c(oc3ccc4nc(Br)ccc4c23)C(=O)N1. The number of hydrogen-bond donors (Lipinski definition) is 2. The maximum atomic E-state index is 12.2. The Morgan fingerprint density at radius 2 is 2.19 bits per heavy atom. The Morgan fingerprint density at radius 1 is 1.33 bits per heavy atom. The molecule has 2 N–H and O–H groups in total. The zero-order chi connectivity index (χ0) is 14.6. The van der Waals surface area contributed by atoms with Crippen LogP contribution in [0.15, 0.2) is 33.3 Å². The molecular formula is C15H12BrN3O2. The molecule has 0 spiro atoms. The predicted molar refractivity (Wildman–Crippen MR) is 84.6 cm³/mol. The number of anilines is 1. The van der Waals surface area contributed by atoms with Crippen LogP contribution in [0.1, 0.15) is 17.5 Å². The lowest BCUT2D eigenvalue weighted by atomic mass is 10.1. The zero-order valence-electron chi connectivity index (χ0n) is 11.2. The number of rotatable bonds is 0. The van der Waals surface area contributed by atoms with Crippen molar-refractivity contribution in [1.82, 2.24) is 10.3 Å². The quantitative estimate of drug-likeness (QED) is 0.613. The largest absolute Gasteiger partial charge is 0.449 e. The van der Waals surface area contributed by atoms with Crippen LogP contribution in [0.5, 0.6) is 0 Å². The molecule has 4 rings (SSSR count). The normalized spacial score (nSPS) is 18.2. The Morgan fingerprint density at radius 3 is 3.05 bits per heavy atom. The maximum absolute atomic E-state index is 12.2. The summed E-state index contributed by atoms with van der Waals surface area (Å²) in [5, 5.41) is 8.09. The summed E-state index contributed by atoms with van der Waals surface area (Å²) in [4.78, 5) is 16.7. The number of nitrogens with one attached hydrogen (secondary N) is 2. The van der Waals surface area contributed by atoms with E-state index in [9.17, 15) is 4.79 Å². The molecule has 3 aromatic rings. The Kier molecular flexibility index (Phi) is 2.68. The number of fused-ring (bicyclic) bond motifs is 5. The van der Waals surface area contributed by atoms with E-state index in [2.05, 4.69) is 31.5 Å². The Hall–Kier alpha value is -2.08. The summed E-state index contributed by atoms with van der Waals surface area (Å²) in [6, 6.07) is 7.67. The van der Waals surface area contributed by atoms with Gasteiger partial charge in [0, 0.05) is 18.0 Å². The zero-order valence-corrected chi connectivity index (χ0v) is 12.8. The van der Waals surface area contributed by atoms with Crippen molar-refractivity contribution in [2.24, 2.45) is 0 Å². The van der Waals surface area contributed by atoms with Crippen molar-refractivity contribution in [3.05, 3.63) is 34.6 Å². The van der Waals surface area contributed by atoms with Gasteiger partial charge in [0.2, 0.25) is 5.76 Å². The number of hydrogen-bond acceptors (Lipinski definition) is 4. The van der Waals surface area contributed by atoms with Gasteiger partial charge in [0.1, 0.15) is 10.2 Å². The van der Waals surface area contributed by atoms with Crippen molar-refractivity contribution in [1.29, 1.82) is 0 Å². The van der Waals surface area contributed by atoms with E-state index in [-0.39, 0.29) is 11.9 Å². The number of pyridine rings is 1. The Bertz CT molecular complexity index is 887. The molecule has 5 nitrogen and oxygen atoms in total. The molecule has 21 heavy (non-hydrogen) atoms. The standard InChI is InChI=1S/C15H12BrN3O2/c1-7-6-17-13-12-8-2-5-11(16)19-9(8)3-4-10(12)21-14(13)15(20)18-7/h2-5,7,17H,6H2,1H3,(H,18,20)/t7-/m1/s1. The van der Waals surface area contributed by atoms with Crippen LogP contribution >= 0.6 is 15.9 Å². The number of aromatic nitrogens is 1. The number of carbonyl (C=O) groups is 1. The van der Waals surface area contributed by atoms with Crippen LogP contribution in [0.3, 0.4) is 0 Å². The van der Waals surface area contributed by atoms with Gasteiger partial charge in [-0.25, -0.2) is 4.98 Å². The van der Waals surface area contributed by atoms with Crippen LogP contribution in [0.25, 0.3) is 21.9 Å². The molecule has 6 heteroatoms. The van der Waals surface area contributed by atoms with Gasteiger partial charge in [-0.15, -0.1) is 0 Å². The lowest BCUT2D eigenvalue weighted by molar-refractivity contribution is 0.0920. The molecule has 0 unspecified atom stereocenters. The third kappa shape index (κ3) is 1.90. The average Bonchev–Trinajstić information content (AvgIpc) is 2.77. The minimum atomic E-state index is -0.183. The molecule has 2 aromatic heterocycles. The molecule has 0 saturated carbocycles. The van der Waals surface area contributed by atoms with E-state index in [1.165, 1.54) is 0 Å². The number of nitrogens with zero attached hydrogens (tertiary/aromatic N) is 1. The molecule has 3 heterocycles. The fraction of sp³-hybridized carbons (Fsp3) is 0.200. The van der Waals surface area contributed by atoms with Gasteiger partial charge in [-0.05, 0) is 47.1 Å². The van der Waals surface area contributed by atoms with E-state index in [1.54, 1.807) is 0 Å². The summed E-state index contributed by atoms with van der Waals surface area (Å²) < 4.78 is 6.54. The minimum Gasteiger partial charge on any atom is -0.449 e. The molecule has 106 valence electrons. The molecule has 0 bridgehead atoms. The third-order valence-corrected chi connectivity index (χ3v) is 4.10.